The molecule has 6 nitrogen and oxygen atoms in total. The Morgan fingerprint density at radius 3 is 2.55 bits per heavy atom. The molecule has 150 valence electrons. The second-order valence-electron chi connectivity index (χ2n) is 5.83. The standard InChI is InChI=1S/C22H21BrN2O4/c1-4-9-29-21-19(23)11-16(12-20(21)28-3)10-17(13-24)22(26)25-14-15-5-7-18(27-2)8-6-15/h4-8,10-12H,1,9,14H2,2-3H3,(H,25,26)/b17-10-. The van der Waals surface area contributed by atoms with E-state index >= 15 is 0 Å². The van der Waals surface area contributed by atoms with Gasteiger partial charge in [-0.25, -0.2) is 0 Å². The zero-order chi connectivity index (χ0) is 21.2. The highest BCUT2D eigenvalue weighted by molar-refractivity contribution is 9.10. The molecule has 0 aliphatic carbocycles. The molecule has 2 rings (SSSR count). The molecule has 0 saturated carbocycles. The van der Waals surface area contributed by atoms with Crippen LogP contribution in [0.3, 0.4) is 0 Å². The topological polar surface area (TPSA) is 80.6 Å². The Bertz CT molecular complexity index is 947. The van der Waals surface area contributed by atoms with Crippen molar-refractivity contribution < 1.29 is 19.0 Å². The molecule has 7 heteroatoms. The molecule has 1 N–H and O–H groups in total. The number of halogens is 1. The van der Waals surface area contributed by atoms with Gasteiger partial charge in [-0.1, -0.05) is 24.8 Å². The fourth-order valence-corrected chi connectivity index (χ4v) is 3.02. The van der Waals surface area contributed by atoms with Crippen molar-refractivity contribution in [2.24, 2.45) is 0 Å². The molecule has 2 aromatic rings. The van der Waals surface area contributed by atoms with E-state index in [2.05, 4.69) is 27.8 Å². The number of nitrogens with zero attached hydrogens (tertiary/aromatic N) is 1. The molecule has 0 aliphatic rings. The third-order valence-electron chi connectivity index (χ3n) is 3.89. The molecule has 0 aromatic heterocycles. The number of amides is 1. The molecule has 0 fully saturated rings. The van der Waals surface area contributed by atoms with Crippen LogP contribution in [0.25, 0.3) is 6.08 Å². The summed E-state index contributed by atoms with van der Waals surface area (Å²) in [5.74, 6) is 1.26. The lowest BCUT2D eigenvalue weighted by molar-refractivity contribution is -0.117. The van der Waals surface area contributed by atoms with Gasteiger partial charge < -0.3 is 19.5 Å². The molecular weight excluding hydrogens is 436 g/mol. The van der Waals surface area contributed by atoms with Crippen molar-refractivity contribution in [3.05, 3.63) is 70.2 Å². The summed E-state index contributed by atoms with van der Waals surface area (Å²) in [6, 6.07) is 12.7. The fraction of sp³-hybridized carbons (Fsp3) is 0.182. The lowest BCUT2D eigenvalue weighted by Crippen LogP contribution is -2.23. The number of ether oxygens (including phenoxy) is 3. The Hall–Kier alpha value is -3.24. The van der Waals surface area contributed by atoms with Gasteiger partial charge in [0.1, 0.15) is 24.0 Å². The summed E-state index contributed by atoms with van der Waals surface area (Å²) in [6.45, 7) is 4.23. The molecule has 0 saturated heterocycles. The molecule has 0 atom stereocenters. The molecule has 0 radical (unpaired) electrons. The average Bonchev–Trinajstić information content (AvgIpc) is 2.75. The normalized spacial score (nSPS) is 10.6. The van der Waals surface area contributed by atoms with Gasteiger partial charge in [-0.2, -0.15) is 5.26 Å². The molecule has 1 amide bonds. The van der Waals surface area contributed by atoms with E-state index in [0.717, 1.165) is 11.3 Å². The summed E-state index contributed by atoms with van der Waals surface area (Å²) in [5, 5.41) is 12.2. The summed E-state index contributed by atoms with van der Waals surface area (Å²) in [5.41, 5.74) is 1.49. The van der Waals surface area contributed by atoms with Gasteiger partial charge in [0.2, 0.25) is 0 Å². The van der Waals surface area contributed by atoms with Gasteiger partial charge in [0.25, 0.3) is 5.91 Å². The van der Waals surface area contributed by atoms with Crippen LogP contribution in [0.2, 0.25) is 0 Å². The van der Waals surface area contributed by atoms with Crippen molar-refractivity contribution in [2.45, 2.75) is 6.54 Å². The van der Waals surface area contributed by atoms with E-state index in [0.29, 0.717) is 34.7 Å². The maximum Gasteiger partial charge on any atom is 0.262 e. The van der Waals surface area contributed by atoms with Gasteiger partial charge in [0, 0.05) is 6.54 Å². The van der Waals surface area contributed by atoms with E-state index in [-0.39, 0.29) is 5.57 Å². The lowest BCUT2D eigenvalue weighted by Gasteiger charge is -2.12. The minimum absolute atomic E-state index is 0.0211. The first kappa shape index (κ1) is 22.1. The molecule has 0 aliphatic heterocycles. The number of hydrogen-bond acceptors (Lipinski definition) is 5. The van der Waals surface area contributed by atoms with Gasteiger partial charge in [-0.15, -0.1) is 0 Å². The zero-order valence-corrected chi connectivity index (χ0v) is 17.8. The summed E-state index contributed by atoms with van der Waals surface area (Å²) in [6.07, 6.45) is 3.12. The lowest BCUT2D eigenvalue weighted by atomic mass is 10.1. The monoisotopic (exact) mass is 456 g/mol. The van der Waals surface area contributed by atoms with Crippen LogP contribution in [-0.4, -0.2) is 26.7 Å². The first-order valence-electron chi connectivity index (χ1n) is 8.66. The Kier molecular flexibility index (Phi) is 8.31. The third-order valence-corrected chi connectivity index (χ3v) is 4.47. The minimum Gasteiger partial charge on any atom is -0.497 e. The largest absolute Gasteiger partial charge is 0.497 e. The van der Waals surface area contributed by atoms with E-state index < -0.39 is 5.91 Å². The number of hydrogen-bond donors (Lipinski definition) is 1. The summed E-state index contributed by atoms with van der Waals surface area (Å²) in [4.78, 5) is 12.4. The number of nitrogens with one attached hydrogen (secondary N) is 1. The van der Waals surface area contributed by atoms with Crippen LogP contribution in [0.5, 0.6) is 17.2 Å². The second-order valence-corrected chi connectivity index (χ2v) is 6.69. The second kappa shape index (κ2) is 10.9. The van der Waals surface area contributed by atoms with E-state index in [9.17, 15) is 10.1 Å². The van der Waals surface area contributed by atoms with Gasteiger partial charge >= 0.3 is 0 Å². The third kappa shape index (κ3) is 6.13. The van der Waals surface area contributed by atoms with E-state index in [4.69, 9.17) is 14.2 Å². The Balaban J connectivity index is 2.17. The maximum absolute atomic E-state index is 12.4. The predicted octanol–water partition coefficient (Wildman–Crippen LogP) is 4.25. The van der Waals surface area contributed by atoms with Crippen molar-refractivity contribution >= 4 is 27.9 Å². The number of nitriles is 1. The van der Waals surface area contributed by atoms with Crippen LogP contribution in [-0.2, 0) is 11.3 Å². The fourth-order valence-electron chi connectivity index (χ4n) is 2.44. The van der Waals surface area contributed by atoms with Gasteiger partial charge in [-0.05, 0) is 57.4 Å². The van der Waals surface area contributed by atoms with E-state index in [1.165, 1.54) is 13.2 Å². The van der Waals surface area contributed by atoms with Crippen molar-refractivity contribution in [3.63, 3.8) is 0 Å². The number of rotatable bonds is 9. The van der Waals surface area contributed by atoms with Gasteiger partial charge in [0.15, 0.2) is 11.5 Å². The molecular formula is C22H21BrN2O4. The highest BCUT2D eigenvalue weighted by Gasteiger charge is 2.13. The predicted molar refractivity (Wildman–Crippen MR) is 115 cm³/mol. The van der Waals surface area contributed by atoms with Crippen molar-refractivity contribution in [1.82, 2.24) is 5.32 Å². The van der Waals surface area contributed by atoms with E-state index in [1.54, 1.807) is 25.3 Å². The van der Waals surface area contributed by atoms with Crippen LogP contribution < -0.4 is 19.5 Å². The average molecular weight is 457 g/mol. The van der Waals surface area contributed by atoms with Crippen molar-refractivity contribution in [2.75, 3.05) is 20.8 Å². The molecule has 0 unspecified atom stereocenters. The number of methoxy groups -OCH3 is 2. The van der Waals surface area contributed by atoms with Crippen LogP contribution in [0.1, 0.15) is 11.1 Å². The molecule has 0 bridgehead atoms. The van der Waals surface area contributed by atoms with Crippen molar-refractivity contribution in [1.29, 1.82) is 5.26 Å². The van der Waals surface area contributed by atoms with Gasteiger partial charge in [0.05, 0.1) is 18.7 Å². The zero-order valence-electron chi connectivity index (χ0n) is 16.2. The van der Waals surface area contributed by atoms with Crippen LogP contribution in [0.4, 0.5) is 0 Å². The van der Waals surface area contributed by atoms with Gasteiger partial charge in [-0.3, -0.25) is 4.79 Å². The summed E-state index contributed by atoms with van der Waals surface area (Å²) in [7, 11) is 3.11. The molecule has 0 spiro atoms. The maximum atomic E-state index is 12.4. The minimum atomic E-state index is -0.467. The highest BCUT2D eigenvalue weighted by atomic mass is 79.9. The first-order chi connectivity index (χ1) is 14.0. The molecule has 2 aromatic carbocycles. The van der Waals surface area contributed by atoms with Crippen molar-refractivity contribution in [3.8, 4) is 23.3 Å². The smallest absolute Gasteiger partial charge is 0.262 e. The number of carbonyl (C=O) groups is 1. The number of carbonyl (C=O) groups excluding carboxylic acids is 1. The Labute approximate surface area is 178 Å². The quantitative estimate of drug-likeness (QED) is 0.346. The first-order valence-corrected chi connectivity index (χ1v) is 9.45. The SMILES string of the molecule is C=CCOc1c(Br)cc(/C=C(/C#N)C(=O)NCc2ccc(OC)cc2)cc1OC. The summed E-state index contributed by atoms with van der Waals surface area (Å²) >= 11 is 3.43. The summed E-state index contributed by atoms with van der Waals surface area (Å²) < 4.78 is 16.7. The van der Waals surface area contributed by atoms with Crippen LogP contribution in [0, 0.1) is 11.3 Å². The number of benzene rings is 2. The van der Waals surface area contributed by atoms with E-state index in [1.807, 2.05) is 30.3 Å². The van der Waals surface area contributed by atoms with Crippen LogP contribution in [0.15, 0.2) is 59.1 Å². The Morgan fingerprint density at radius 2 is 1.97 bits per heavy atom. The molecule has 29 heavy (non-hydrogen) atoms. The van der Waals surface area contributed by atoms with Crippen LogP contribution >= 0.6 is 15.9 Å². The Morgan fingerprint density at radius 1 is 1.24 bits per heavy atom. The highest BCUT2D eigenvalue weighted by Crippen LogP contribution is 2.37. The molecule has 0 heterocycles.